The molecule has 0 saturated heterocycles. The van der Waals surface area contributed by atoms with E-state index in [0.29, 0.717) is 41.0 Å². The predicted molar refractivity (Wildman–Crippen MR) is 131 cm³/mol. The molecular weight excluding hydrogens is 466 g/mol. The summed E-state index contributed by atoms with van der Waals surface area (Å²) in [6.07, 6.45) is 1.13. The summed E-state index contributed by atoms with van der Waals surface area (Å²) in [5, 5.41) is 5.98. The molecule has 0 radical (unpaired) electrons. The monoisotopic (exact) mass is 491 g/mol. The second-order valence-electron chi connectivity index (χ2n) is 8.53. The van der Waals surface area contributed by atoms with Crippen molar-refractivity contribution in [2.45, 2.75) is 25.4 Å². The number of ketones is 1. The van der Waals surface area contributed by atoms with Gasteiger partial charge in [-0.1, -0.05) is 53.8 Å². The number of ether oxygens (including phenoxy) is 2. The third-order valence-electron chi connectivity index (χ3n) is 6.11. The number of nitrogens with zero attached hydrogens (tertiary/aromatic N) is 1. The van der Waals surface area contributed by atoms with Crippen molar-refractivity contribution in [3.8, 4) is 5.75 Å². The van der Waals surface area contributed by atoms with E-state index < -0.39 is 5.92 Å². The number of nitrogens with one attached hydrogen (secondary N) is 2. The fourth-order valence-corrected chi connectivity index (χ4v) is 5.33. The quantitative estimate of drug-likeness (QED) is 0.525. The van der Waals surface area contributed by atoms with E-state index in [1.807, 2.05) is 36.4 Å². The third kappa shape index (κ3) is 5.41. The van der Waals surface area contributed by atoms with Crippen molar-refractivity contribution >= 4 is 34.1 Å². The van der Waals surface area contributed by atoms with Gasteiger partial charge in [0.1, 0.15) is 11.9 Å². The van der Waals surface area contributed by atoms with E-state index in [2.05, 4.69) is 21.7 Å². The molecule has 180 valence electrons. The lowest BCUT2D eigenvalue weighted by molar-refractivity contribution is -0.125. The van der Waals surface area contributed by atoms with Crippen LogP contribution in [0.3, 0.4) is 0 Å². The zero-order valence-corrected chi connectivity index (χ0v) is 19.8. The Balaban J connectivity index is 1.16. The maximum absolute atomic E-state index is 12.9. The van der Waals surface area contributed by atoms with E-state index in [9.17, 15) is 14.4 Å². The Bertz CT molecular complexity index is 1240. The lowest BCUT2D eigenvalue weighted by atomic mass is 9.89. The number of hydrogen-bond acceptors (Lipinski definition) is 7. The summed E-state index contributed by atoms with van der Waals surface area (Å²) in [5.74, 6) is -0.600. The van der Waals surface area contributed by atoms with Crippen LogP contribution in [-0.4, -0.2) is 42.3 Å². The van der Waals surface area contributed by atoms with Crippen molar-refractivity contribution in [2.75, 3.05) is 25.1 Å². The highest BCUT2D eigenvalue weighted by Gasteiger charge is 2.33. The summed E-state index contributed by atoms with van der Waals surface area (Å²) in [4.78, 5) is 42.7. The van der Waals surface area contributed by atoms with Crippen LogP contribution in [-0.2, 0) is 27.2 Å². The molecule has 0 spiro atoms. The molecule has 2 heterocycles. The van der Waals surface area contributed by atoms with Crippen LogP contribution in [0.15, 0.2) is 54.6 Å². The van der Waals surface area contributed by atoms with E-state index in [0.717, 1.165) is 23.3 Å². The Labute approximate surface area is 206 Å². The Kier molecular flexibility index (Phi) is 6.87. The van der Waals surface area contributed by atoms with E-state index in [1.165, 1.54) is 5.56 Å². The number of carbonyl (C=O) groups excluding carboxylic acids is 3. The van der Waals surface area contributed by atoms with Crippen molar-refractivity contribution in [3.05, 3.63) is 76.3 Å². The molecule has 2 aliphatic rings. The number of anilines is 1. The molecule has 2 amide bonds. The number of rotatable bonds is 7. The van der Waals surface area contributed by atoms with Crippen LogP contribution in [0.4, 0.5) is 5.13 Å². The van der Waals surface area contributed by atoms with Gasteiger partial charge in [-0.25, -0.2) is 4.98 Å². The van der Waals surface area contributed by atoms with Crippen LogP contribution in [0.1, 0.15) is 39.0 Å². The second kappa shape index (κ2) is 10.4. The Morgan fingerprint density at radius 2 is 1.89 bits per heavy atom. The number of Topliss-reactive ketones (excluding diaryl/α,β-unsaturated/α-hetero) is 1. The SMILES string of the molecule is O=C(COc1ccccc1)Nc1nc2c(s1)C(=O)C[C@H](C(=O)NC[C@@H]1OCCc3ccccc31)C2. The lowest BCUT2D eigenvalue weighted by Crippen LogP contribution is -2.38. The van der Waals surface area contributed by atoms with Crippen molar-refractivity contribution in [2.24, 2.45) is 5.92 Å². The molecule has 0 fully saturated rings. The fourth-order valence-electron chi connectivity index (χ4n) is 4.37. The van der Waals surface area contributed by atoms with Gasteiger partial charge in [0.15, 0.2) is 17.5 Å². The normalized spacial score (nSPS) is 18.8. The molecule has 2 N–H and O–H groups in total. The average Bonchev–Trinajstić information content (AvgIpc) is 3.29. The molecule has 3 aromatic rings. The molecule has 1 aromatic heterocycles. The van der Waals surface area contributed by atoms with E-state index in [-0.39, 0.29) is 36.7 Å². The number of thiazole rings is 1. The zero-order valence-electron chi connectivity index (χ0n) is 19.0. The summed E-state index contributed by atoms with van der Waals surface area (Å²) in [6, 6.07) is 17.1. The average molecular weight is 492 g/mol. The van der Waals surface area contributed by atoms with Gasteiger partial charge >= 0.3 is 0 Å². The summed E-state index contributed by atoms with van der Waals surface area (Å²) in [5.41, 5.74) is 2.88. The molecule has 5 rings (SSSR count). The highest BCUT2D eigenvalue weighted by atomic mass is 32.1. The molecule has 0 unspecified atom stereocenters. The number of carbonyl (C=O) groups is 3. The highest BCUT2D eigenvalue weighted by Crippen LogP contribution is 2.33. The summed E-state index contributed by atoms with van der Waals surface area (Å²) < 4.78 is 11.3. The molecule has 0 saturated carbocycles. The summed E-state index contributed by atoms with van der Waals surface area (Å²) in [6.45, 7) is 0.805. The van der Waals surface area contributed by atoms with Crippen LogP contribution in [0.25, 0.3) is 0 Å². The number of fused-ring (bicyclic) bond motifs is 2. The first-order chi connectivity index (χ1) is 17.1. The van der Waals surface area contributed by atoms with Gasteiger partial charge in [0, 0.05) is 19.4 Å². The van der Waals surface area contributed by atoms with Gasteiger partial charge in [-0.3, -0.25) is 19.7 Å². The maximum Gasteiger partial charge on any atom is 0.264 e. The van der Waals surface area contributed by atoms with Gasteiger partial charge in [-0.05, 0) is 29.7 Å². The molecule has 35 heavy (non-hydrogen) atoms. The Morgan fingerprint density at radius 1 is 1.09 bits per heavy atom. The molecule has 2 aromatic carbocycles. The minimum atomic E-state index is -0.499. The maximum atomic E-state index is 12.9. The van der Waals surface area contributed by atoms with Crippen molar-refractivity contribution in [1.29, 1.82) is 0 Å². The van der Waals surface area contributed by atoms with Crippen molar-refractivity contribution < 1.29 is 23.9 Å². The van der Waals surface area contributed by atoms with E-state index >= 15 is 0 Å². The van der Waals surface area contributed by atoms with Gasteiger partial charge in [0.25, 0.3) is 5.91 Å². The van der Waals surface area contributed by atoms with Crippen LogP contribution >= 0.6 is 11.3 Å². The second-order valence-corrected chi connectivity index (χ2v) is 9.53. The van der Waals surface area contributed by atoms with Crippen molar-refractivity contribution in [3.63, 3.8) is 0 Å². The highest BCUT2D eigenvalue weighted by molar-refractivity contribution is 7.17. The topological polar surface area (TPSA) is 107 Å². The first-order valence-corrected chi connectivity index (χ1v) is 12.4. The lowest BCUT2D eigenvalue weighted by Gasteiger charge is -2.27. The number of benzene rings is 2. The van der Waals surface area contributed by atoms with Crippen LogP contribution < -0.4 is 15.4 Å². The molecular formula is C26H25N3O5S. The van der Waals surface area contributed by atoms with Crippen LogP contribution in [0, 0.1) is 5.92 Å². The van der Waals surface area contributed by atoms with Gasteiger partial charge in [0.05, 0.1) is 23.1 Å². The molecule has 1 aliphatic carbocycles. The van der Waals surface area contributed by atoms with E-state index in [1.54, 1.807) is 12.1 Å². The summed E-state index contributed by atoms with van der Waals surface area (Å²) >= 11 is 1.14. The minimum Gasteiger partial charge on any atom is -0.484 e. The largest absolute Gasteiger partial charge is 0.484 e. The molecule has 2 atom stereocenters. The Hall–Kier alpha value is -3.56. The Morgan fingerprint density at radius 3 is 2.74 bits per heavy atom. The summed E-state index contributed by atoms with van der Waals surface area (Å²) in [7, 11) is 0. The predicted octanol–water partition coefficient (Wildman–Crippen LogP) is 3.34. The van der Waals surface area contributed by atoms with Gasteiger partial charge in [-0.2, -0.15) is 0 Å². The van der Waals surface area contributed by atoms with Crippen molar-refractivity contribution in [1.82, 2.24) is 10.3 Å². The first-order valence-electron chi connectivity index (χ1n) is 11.5. The number of amides is 2. The standard InChI is InChI=1S/C26H25N3O5S/c30-21-13-17(25(32)27-14-22-19-9-5-4-6-16(19)10-11-33-22)12-20-24(21)35-26(28-20)29-23(31)15-34-18-7-2-1-3-8-18/h1-9,17,22H,10-15H2,(H,27,32)(H,28,29,31)/t17-,22+/m1/s1. The third-order valence-corrected chi connectivity index (χ3v) is 7.16. The van der Waals surface area contributed by atoms with Crippen LogP contribution in [0.2, 0.25) is 0 Å². The first kappa shape index (κ1) is 23.2. The molecule has 1 aliphatic heterocycles. The zero-order chi connectivity index (χ0) is 24.2. The molecule has 0 bridgehead atoms. The van der Waals surface area contributed by atoms with Gasteiger partial charge in [-0.15, -0.1) is 0 Å². The smallest absolute Gasteiger partial charge is 0.264 e. The van der Waals surface area contributed by atoms with Crippen LogP contribution in [0.5, 0.6) is 5.75 Å². The molecule has 9 heteroatoms. The minimum absolute atomic E-state index is 0.119. The van der Waals surface area contributed by atoms with E-state index in [4.69, 9.17) is 9.47 Å². The number of para-hydroxylation sites is 1. The fraction of sp³-hybridized carbons (Fsp3) is 0.308. The van der Waals surface area contributed by atoms with Gasteiger partial charge < -0.3 is 14.8 Å². The number of hydrogen-bond donors (Lipinski definition) is 2. The number of aromatic nitrogens is 1. The molecule has 8 nitrogen and oxygen atoms in total. The van der Waals surface area contributed by atoms with Gasteiger partial charge in [0.2, 0.25) is 5.91 Å².